The Bertz CT molecular complexity index is 727. The van der Waals surface area contributed by atoms with E-state index in [2.05, 4.69) is 10.6 Å². The van der Waals surface area contributed by atoms with Crippen LogP contribution in [0.1, 0.15) is 26.4 Å². The van der Waals surface area contributed by atoms with Crippen LogP contribution in [0.15, 0.2) is 30.3 Å². The van der Waals surface area contributed by atoms with Gasteiger partial charge in [0.1, 0.15) is 11.6 Å². The average Bonchev–Trinajstić information content (AvgIpc) is 2.91. The van der Waals surface area contributed by atoms with Crippen molar-refractivity contribution in [3.63, 3.8) is 0 Å². The summed E-state index contributed by atoms with van der Waals surface area (Å²) in [5, 5.41) is 15.5. The van der Waals surface area contributed by atoms with Crippen molar-refractivity contribution < 1.29 is 19.4 Å². The molecular formula is C16H16N2O4S. The van der Waals surface area contributed by atoms with E-state index in [0.717, 1.165) is 22.5 Å². The molecule has 1 aliphatic heterocycles. The third-order valence-electron chi connectivity index (χ3n) is 3.57. The zero-order valence-electron chi connectivity index (χ0n) is 12.3. The SMILES string of the molecule is O=C(Nc1sc2c(c1C(=O)O)CCNC2)OCc1ccccc1. The van der Waals surface area contributed by atoms with Crippen molar-refractivity contribution in [1.82, 2.24) is 5.32 Å². The molecule has 0 aliphatic carbocycles. The minimum absolute atomic E-state index is 0.141. The first-order chi connectivity index (χ1) is 11.1. The standard InChI is InChI=1S/C16H16N2O4S/c19-15(20)13-11-6-7-17-8-12(11)23-14(13)18-16(21)22-9-10-4-2-1-3-5-10/h1-5,17H,6-9H2,(H,18,21)(H,19,20). The molecule has 120 valence electrons. The molecule has 0 unspecified atom stereocenters. The maximum atomic E-state index is 11.9. The molecule has 0 radical (unpaired) electrons. The predicted octanol–water partition coefficient (Wildman–Crippen LogP) is 2.84. The van der Waals surface area contributed by atoms with Crippen molar-refractivity contribution in [2.24, 2.45) is 0 Å². The first-order valence-electron chi connectivity index (χ1n) is 7.21. The van der Waals surface area contributed by atoms with Gasteiger partial charge < -0.3 is 15.2 Å². The summed E-state index contributed by atoms with van der Waals surface area (Å²) in [7, 11) is 0. The number of carbonyl (C=O) groups excluding carboxylic acids is 1. The molecule has 1 amide bonds. The number of hydrogen-bond acceptors (Lipinski definition) is 5. The number of carbonyl (C=O) groups is 2. The summed E-state index contributed by atoms with van der Waals surface area (Å²) >= 11 is 1.29. The lowest BCUT2D eigenvalue weighted by molar-refractivity contribution is 0.0697. The zero-order chi connectivity index (χ0) is 16.2. The Morgan fingerprint density at radius 2 is 2.09 bits per heavy atom. The monoisotopic (exact) mass is 332 g/mol. The second-order valence-electron chi connectivity index (χ2n) is 5.13. The molecule has 3 rings (SSSR count). The molecule has 0 fully saturated rings. The predicted molar refractivity (Wildman–Crippen MR) is 86.9 cm³/mol. The quantitative estimate of drug-likeness (QED) is 0.801. The number of carboxylic acid groups (broad SMARTS) is 1. The fourth-order valence-electron chi connectivity index (χ4n) is 2.50. The first kappa shape index (κ1) is 15.5. The van der Waals surface area contributed by atoms with Gasteiger partial charge in [-0.05, 0) is 24.1 Å². The summed E-state index contributed by atoms with van der Waals surface area (Å²) in [6.07, 6.45) is -0.00305. The molecule has 1 aliphatic rings. The van der Waals surface area contributed by atoms with Crippen LogP contribution in [0.2, 0.25) is 0 Å². The Kier molecular flexibility index (Phi) is 4.59. The van der Waals surface area contributed by atoms with Crippen LogP contribution in [-0.4, -0.2) is 23.7 Å². The van der Waals surface area contributed by atoms with E-state index in [-0.39, 0.29) is 12.2 Å². The number of aromatic carboxylic acids is 1. The second kappa shape index (κ2) is 6.80. The van der Waals surface area contributed by atoms with Crippen LogP contribution in [0.3, 0.4) is 0 Å². The van der Waals surface area contributed by atoms with E-state index in [0.29, 0.717) is 18.0 Å². The van der Waals surface area contributed by atoms with Crippen LogP contribution in [0.25, 0.3) is 0 Å². The van der Waals surface area contributed by atoms with Gasteiger partial charge in [0, 0.05) is 11.4 Å². The van der Waals surface area contributed by atoms with Gasteiger partial charge in [0.2, 0.25) is 0 Å². The van der Waals surface area contributed by atoms with E-state index in [1.54, 1.807) is 0 Å². The molecule has 1 aromatic carbocycles. The molecule has 7 heteroatoms. The lowest BCUT2D eigenvalue weighted by Crippen LogP contribution is -2.23. The van der Waals surface area contributed by atoms with Crippen LogP contribution in [-0.2, 0) is 24.3 Å². The lowest BCUT2D eigenvalue weighted by Gasteiger charge is -2.12. The van der Waals surface area contributed by atoms with Gasteiger partial charge >= 0.3 is 12.1 Å². The van der Waals surface area contributed by atoms with Crippen LogP contribution in [0.5, 0.6) is 0 Å². The van der Waals surface area contributed by atoms with Gasteiger partial charge in [-0.25, -0.2) is 9.59 Å². The van der Waals surface area contributed by atoms with Gasteiger partial charge in [-0.3, -0.25) is 5.32 Å². The van der Waals surface area contributed by atoms with E-state index in [1.165, 1.54) is 11.3 Å². The highest BCUT2D eigenvalue weighted by Gasteiger charge is 2.26. The number of amides is 1. The number of carboxylic acids is 1. The van der Waals surface area contributed by atoms with Crippen molar-refractivity contribution in [2.75, 3.05) is 11.9 Å². The van der Waals surface area contributed by atoms with Gasteiger partial charge in [0.05, 0.1) is 5.56 Å². The third-order valence-corrected chi connectivity index (χ3v) is 4.72. The third kappa shape index (κ3) is 3.52. The number of hydrogen-bond donors (Lipinski definition) is 3. The molecule has 2 aromatic rings. The Balaban J connectivity index is 1.71. The van der Waals surface area contributed by atoms with E-state index < -0.39 is 12.1 Å². The maximum absolute atomic E-state index is 11.9. The zero-order valence-corrected chi connectivity index (χ0v) is 13.1. The maximum Gasteiger partial charge on any atom is 0.412 e. The summed E-state index contributed by atoms with van der Waals surface area (Å²) in [6.45, 7) is 1.50. The van der Waals surface area contributed by atoms with Crippen LogP contribution < -0.4 is 10.6 Å². The highest BCUT2D eigenvalue weighted by molar-refractivity contribution is 7.17. The number of anilines is 1. The topological polar surface area (TPSA) is 87.7 Å². The lowest BCUT2D eigenvalue weighted by atomic mass is 10.0. The molecule has 23 heavy (non-hydrogen) atoms. The Hall–Kier alpha value is -2.38. The summed E-state index contributed by atoms with van der Waals surface area (Å²) in [4.78, 5) is 24.4. The normalized spacial score (nSPS) is 13.2. The summed E-state index contributed by atoms with van der Waals surface area (Å²) in [6, 6.07) is 9.31. The van der Waals surface area contributed by atoms with Crippen LogP contribution in [0, 0.1) is 0 Å². The Morgan fingerprint density at radius 3 is 2.83 bits per heavy atom. The molecule has 0 atom stereocenters. The smallest absolute Gasteiger partial charge is 0.412 e. The minimum Gasteiger partial charge on any atom is -0.478 e. The van der Waals surface area contributed by atoms with E-state index in [9.17, 15) is 14.7 Å². The number of thiophene rings is 1. The van der Waals surface area contributed by atoms with Crippen molar-refractivity contribution in [3.05, 3.63) is 51.9 Å². The summed E-state index contributed by atoms with van der Waals surface area (Å²) in [5.41, 5.74) is 1.86. The van der Waals surface area contributed by atoms with Crippen LogP contribution >= 0.6 is 11.3 Å². The van der Waals surface area contributed by atoms with Gasteiger partial charge in [0.25, 0.3) is 0 Å². The molecule has 6 nitrogen and oxygen atoms in total. The molecule has 0 bridgehead atoms. The van der Waals surface area contributed by atoms with E-state index in [4.69, 9.17) is 4.74 Å². The summed E-state index contributed by atoms with van der Waals surface area (Å²) in [5.74, 6) is -1.03. The minimum atomic E-state index is -1.03. The highest BCUT2D eigenvalue weighted by atomic mass is 32.1. The largest absolute Gasteiger partial charge is 0.478 e. The molecule has 0 spiro atoms. The van der Waals surface area contributed by atoms with Crippen molar-refractivity contribution in [2.45, 2.75) is 19.6 Å². The molecule has 0 saturated carbocycles. The molecular weight excluding hydrogens is 316 g/mol. The second-order valence-corrected chi connectivity index (χ2v) is 6.23. The number of benzene rings is 1. The Morgan fingerprint density at radius 1 is 1.30 bits per heavy atom. The number of rotatable bonds is 4. The molecule has 2 heterocycles. The molecule has 0 saturated heterocycles. The van der Waals surface area contributed by atoms with Gasteiger partial charge in [-0.15, -0.1) is 11.3 Å². The fourth-order valence-corrected chi connectivity index (χ4v) is 3.70. The van der Waals surface area contributed by atoms with E-state index in [1.807, 2.05) is 30.3 Å². The number of fused-ring (bicyclic) bond motifs is 1. The fraction of sp³-hybridized carbons (Fsp3) is 0.250. The van der Waals surface area contributed by atoms with Gasteiger partial charge in [0.15, 0.2) is 0 Å². The van der Waals surface area contributed by atoms with Crippen LogP contribution in [0.4, 0.5) is 9.80 Å². The van der Waals surface area contributed by atoms with Crippen molar-refractivity contribution in [3.8, 4) is 0 Å². The number of ether oxygens (including phenoxy) is 1. The number of nitrogens with one attached hydrogen (secondary N) is 2. The summed E-state index contributed by atoms with van der Waals surface area (Å²) < 4.78 is 5.15. The molecule has 3 N–H and O–H groups in total. The van der Waals surface area contributed by atoms with Crippen molar-refractivity contribution in [1.29, 1.82) is 0 Å². The average molecular weight is 332 g/mol. The first-order valence-corrected chi connectivity index (χ1v) is 8.03. The highest BCUT2D eigenvalue weighted by Crippen LogP contribution is 2.35. The molecule has 1 aromatic heterocycles. The van der Waals surface area contributed by atoms with Gasteiger partial charge in [-0.1, -0.05) is 30.3 Å². The van der Waals surface area contributed by atoms with Gasteiger partial charge in [-0.2, -0.15) is 0 Å². The van der Waals surface area contributed by atoms with E-state index >= 15 is 0 Å². The Labute approximate surface area is 137 Å². The van der Waals surface area contributed by atoms with Crippen molar-refractivity contribution >= 4 is 28.4 Å².